The Labute approximate surface area is 112 Å². The quantitative estimate of drug-likeness (QED) is 0.894. The van der Waals surface area contributed by atoms with E-state index in [-0.39, 0.29) is 12.3 Å². The summed E-state index contributed by atoms with van der Waals surface area (Å²) in [4.78, 5) is 12.6. The highest BCUT2D eigenvalue weighted by Gasteiger charge is 2.39. The van der Waals surface area contributed by atoms with Crippen molar-refractivity contribution in [2.24, 2.45) is 11.8 Å². The second-order valence-corrected chi connectivity index (χ2v) is 5.27. The molecular formula is C13H19N5O. The fraction of sp³-hybridized carbons (Fsp3) is 0.615. The van der Waals surface area contributed by atoms with Crippen molar-refractivity contribution in [2.45, 2.75) is 39.5 Å². The molecule has 1 aliphatic heterocycles. The van der Waals surface area contributed by atoms with Gasteiger partial charge in [0.05, 0.1) is 12.4 Å². The number of nitrogens with zero attached hydrogens (tertiary/aromatic N) is 4. The van der Waals surface area contributed by atoms with Gasteiger partial charge < -0.3 is 10.5 Å². The first-order valence-electron chi connectivity index (χ1n) is 6.72. The molecule has 3 heterocycles. The van der Waals surface area contributed by atoms with Crippen molar-refractivity contribution in [3.63, 3.8) is 0 Å². The lowest BCUT2D eigenvalue weighted by molar-refractivity contribution is -0.0120. The van der Waals surface area contributed by atoms with E-state index in [4.69, 9.17) is 10.5 Å². The lowest BCUT2D eigenvalue weighted by atomic mass is 9.91. The molecule has 6 nitrogen and oxygen atoms in total. The molecule has 2 aromatic rings. The number of nitrogens with two attached hydrogens (primary N) is 1. The monoisotopic (exact) mass is 261 g/mol. The predicted octanol–water partition coefficient (Wildman–Crippen LogP) is 1.99. The molecule has 102 valence electrons. The zero-order valence-electron chi connectivity index (χ0n) is 11.4. The van der Waals surface area contributed by atoms with Gasteiger partial charge in [0.25, 0.3) is 0 Å². The second kappa shape index (κ2) is 4.45. The van der Waals surface area contributed by atoms with Gasteiger partial charge >= 0.3 is 0 Å². The summed E-state index contributed by atoms with van der Waals surface area (Å²) in [5.74, 6) is 1.35. The fourth-order valence-electron chi connectivity index (χ4n) is 2.87. The van der Waals surface area contributed by atoms with Crippen molar-refractivity contribution in [1.29, 1.82) is 0 Å². The molecule has 19 heavy (non-hydrogen) atoms. The summed E-state index contributed by atoms with van der Waals surface area (Å²) in [5, 5.41) is 0. The van der Waals surface area contributed by atoms with E-state index in [1.807, 2.05) is 4.57 Å². The molecule has 0 radical (unpaired) electrons. The Hall–Kier alpha value is -1.69. The Bertz CT molecular complexity index is 596. The first kappa shape index (κ1) is 12.3. The number of rotatable bonds is 2. The van der Waals surface area contributed by atoms with Gasteiger partial charge in [0.2, 0.25) is 0 Å². The Morgan fingerprint density at radius 1 is 1.26 bits per heavy atom. The summed E-state index contributed by atoms with van der Waals surface area (Å²) < 4.78 is 8.13. The minimum absolute atomic E-state index is 0.0285. The standard InChI is InChI=1S/C13H19N5O/c1-4-9-7(2)8(3)13(19-9)18-6-17-10-11(14)15-5-16-12(10)18/h5-9,13H,4H2,1-3H3,(H2,14,15,16)/t7-,8+,9+,13+/m0/s1. The molecule has 3 rings (SSSR count). The van der Waals surface area contributed by atoms with E-state index < -0.39 is 0 Å². The van der Waals surface area contributed by atoms with Crippen molar-refractivity contribution in [1.82, 2.24) is 19.5 Å². The minimum atomic E-state index is -0.0285. The Kier molecular flexibility index (Phi) is 2.89. The molecule has 0 spiro atoms. The third kappa shape index (κ3) is 1.78. The van der Waals surface area contributed by atoms with Gasteiger partial charge in [0.15, 0.2) is 11.5 Å². The van der Waals surface area contributed by atoms with Crippen molar-refractivity contribution in [2.75, 3.05) is 5.73 Å². The lowest BCUT2D eigenvalue weighted by Crippen LogP contribution is -2.15. The molecule has 1 aliphatic rings. The van der Waals surface area contributed by atoms with Gasteiger partial charge in [0, 0.05) is 5.92 Å². The van der Waals surface area contributed by atoms with Crippen LogP contribution < -0.4 is 5.73 Å². The zero-order chi connectivity index (χ0) is 13.6. The Morgan fingerprint density at radius 3 is 2.74 bits per heavy atom. The molecule has 4 atom stereocenters. The average molecular weight is 261 g/mol. The number of hydrogen-bond acceptors (Lipinski definition) is 5. The SMILES string of the molecule is CC[C@H]1O[C@@H](n2cnc3c(N)ncnc32)[C@H](C)[C@@H]1C. The Morgan fingerprint density at radius 2 is 2.05 bits per heavy atom. The van der Waals surface area contributed by atoms with Crippen LogP contribution in [0, 0.1) is 11.8 Å². The number of nitrogen functional groups attached to an aromatic ring is 1. The smallest absolute Gasteiger partial charge is 0.167 e. The fourth-order valence-corrected chi connectivity index (χ4v) is 2.87. The summed E-state index contributed by atoms with van der Waals surface area (Å²) in [7, 11) is 0. The van der Waals surface area contributed by atoms with Gasteiger partial charge in [-0.15, -0.1) is 0 Å². The number of imidazole rings is 1. The summed E-state index contributed by atoms with van der Waals surface area (Å²) in [6, 6.07) is 0. The van der Waals surface area contributed by atoms with Crippen LogP contribution in [0.25, 0.3) is 11.2 Å². The number of aromatic nitrogens is 4. The maximum atomic E-state index is 6.15. The minimum Gasteiger partial charge on any atom is -0.382 e. The molecule has 0 amide bonds. The molecule has 0 unspecified atom stereocenters. The highest BCUT2D eigenvalue weighted by molar-refractivity contribution is 5.81. The molecule has 0 aliphatic carbocycles. The Balaban J connectivity index is 2.04. The summed E-state index contributed by atoms with van der Waals surface area (Å²) in [6.07, 6.45) is 4.50. The highest BCUT2D eigenvalue weighted by Crippen LogP contribution is 2.40. The van der Waals surface area contributed by atoms with Crippen LogP contribution in [0.3, 0.4) is 0 Å². The van der Waals surface area contributed by atoms with Crippen LogP contribution in [0.4, 0.5) is 5.82 Å². The summed E-state index contributed by atoms with van der Waals surface area (Å²) in [6.45, 7) is 6.60. The van der Waals surface area contributed by atoms with Gasteiger partial charge in [0.1, 0.15) is 18.1 Å². The van der Waals surface area contributed by atoms with Crippen LogP contribution in [0.5, 0.6) is 0 Å². The molecule has 1 saturated heterocycles. The molecule has 2 aromatic heterocycles. The maximum Gasteiger partial charge on any atom is 0.167 e. The van der Waals surface area contributed by atoms with E-state index in [1.54, 1.807) is 6.33 Å². The van der Waals surface area contributed by atoms with E-state index >= 15 is 0 Å². The van der Waals surface area contributed by atoms with Crippen molar-refractivity contribution in [3.8, 4) is 0 Å². The number of fused-ring (bicyclic) bond motifs is 1. The van der Waals surface area contributed by atoms with E-state index in [1.165, 1.54) is 6.33 Å². The number of anilines is 1. The van der Waals surface area contributed by atoms with Crippen molar-refractivity contribution >= 4 is 17.0 Å². The van der Waals surface area contributed by atoms with Crippen LogP contribution in [0.1, 0.15) is 33.4 Å². The highest BCUT2D eigenvalue weighted by atomic mass is 16.5. The van der Waals surface area contributed by atoms with E-state index in [9.17, 15) is 0 Å². The molecule has 0 aromatic carbocycles. The first-order chi connectivity index (χ1) is 9.13. The summed E-state index contributed by atoms with van der Waals surface area (Å²) >= 11 is 0. The van der Waals surface area contributed by atoms with Crippen LogP contribution in [0.15, 0.2) is 12.7 Å². The summed E-state index contributed by atoms with van der Waals surface area (Å²) in [5.41, 5.74) is 7.20. The van der Waals surface area contributed by atoms with Crippen LogP contribution >= 0.6 is 0 Å². The van der Waals surface area contributed by atoms with Gasteiger partial charge in [-0.1, -0.05) is 20.8 Å². The van der Waals surface area contributed by atoms with E-state index in [0.717, 1.165) is 12.1 Å². The molecule has 6 heteroatoms. The molecular weight excluding hydrogens is 242 g/mol. The van der Waals surface area contributed by atoms with Gasteiger partial charge in [-0.05, 0) is 12.3 Å². The first-order valence-corrected chi connectivity index (χ1v) is 6.72. The van der Waals surface area contributed by atoms with Gasteiger partial charge in [-0.25, -0.2) is 15.0 Å². The van der Waals surface area contributed by atoms with Crippen LogP contribution in [-0.2, 0) is 4.74 Å². The number of ether oxygens (including phenoxy) is 1. The second-order valence-electron chi connectivity index (χ2n) is 5.27. The molecule has 2 N–H and O–H groups in total. The number of hydrogen-bond donors (Lipinski definition) is 1. The third-order valence-electron chi connectivity index (χ3n) is 4.24. The topological polar surface area (TPSA) is 78.9 Å². The maximum absolute atomic E-state index is 6.15. The molecule has 1 fully saturated rings. The third-order valence-corrected chi connectivity index (χ3v) is 4.24. The van der Waals surface area contributed by atoms with E-state index in [2.05, 4.69) is 35.7 Å². The largest absolute Gasteiger partial charge is 0.382 e. The predicted molar refractivity (Wildman–Crippen MR) is 72.3 cm³/mol. The zero-order valence-corrected chi connectivity index (χ0v) is 11.4. The molecule has 0 saturated carbocycles. The normalized spacial score (nSPS) is 31.1. The van der Waals surface area contributed by atoms with Crippen LogP contribution in [0.2, 0.25) is 0 Å². The van der Waals surface area contributed by atoms with Crippen molar-refractivity contribution < 1.29 is 4.74 Å². The van der Waals surface area contributed by atoms with Crippen LogP contribution in [-0.4, -0.2) is 25.6 Å². The van der Waals surface area contributed by atoms with Gasteiger partial charge in [-0.3, -0.25) is 4.57 Å². The molecule has 0 bridgehead atoms. The van der Waals surface area contributed by atoms with Crippen molar-refractivity contribution in [3.05, 3.63) is 12.7 Å². The average Bonchev–Trinajstić information content (AvgIpc) is 2.94. The van der Waals surface area contributed by atoms with E-state index in [0.29, 0.717) is 23.2 Å². The lowest BCUT2D eigenvalue weighted by Gasteiger charge is -2.17. The van der Waals surface area contributed by atoms with Gasteiger partial charge in [-0.2, -0.15) is 0 Å².